The number of thiazole rings is 1. The molecule has 9 nitrogen and oxygen atoms in total. The smallest absolute Gasteiger partial charge is 0.411 e. The molecule has 0 unspecified atom stereocenters. The van der Waals surface area contributed by atoms with E-state index in [2.05, 4.69) is 20.3 Å². The van der Waals surface area contributed by atoms with E-state index in [0.29, 0.717) is 33.2 Å². The molecule has 3 aromatic carbocycles. The number of carbonyl (C=O) groups is 2. The van der Waals surface area contributed by atoms with E-state index < -0.39 is 21.7 Å². The number of hydrogen-bond acceptors (Lipinski definition) is 7. The normalized spacial score (nSPS) is 11.8. The molecule has 226 valence electrons. The van der Waals surface area contributed by atoms with E-state index in [1.165, 1.54) is 17.4 Å². The molecule has 11 heteroatoms. The first-order valence-corrected chi connectivity index (χ1v) is 16.1. The lowest BCUT2D eigenvalue weighted by molar-refractivity contribution is -0.116. The second kappa shape index (κ2) is 13.5. The molecule has 0 saturated heterocycles. The third-order valence-corrected chi connectivity index (χ3v) is 8.85. The number of aromatic nitrogens is 1. The van der Waals surface area contributed by atoms with Crippen LogP contribution in [0.4, 0.5) is 16.2 Å². The minimum absolute atomic E-state index is 0.0432. The molecule has 0 radical (unpaired) electrons. The topological polar surface area (TPSA) is 126 Å². The number of anilines is 2. The molecule has 0 spiro atoms. The molecule has 0 aliphatic carbocycles. The SMILES string of the molecule is CC(C)OC(=O)Nc1ccc(-c2ncc(-c3ccc(NC(=O)CCc4ccccc4)cc3S(=O)(=O)NC(C)(C)C)s2)cc1. The Labute approximate surface area is 256 Å². The molecule has 3 N–H and O–H groups in total. The monoisotopic (exact) mass is 620 g/mol. The van der Waals surface area contributed by atoms with Crippen molar-refractivity contribution in [3.63, 3.8) is 0 Å². The number of sulfonamides is 1. The van der Waals surface area contributed by atoms with Gasteiger partial charge < -0.3 is 10.1 Å². The van der Waals surface area contributed by atoms with Gasteiger partial charge in [0.15, 0.2) is 0 Å². The van der Waals surface area contributed by atoms with E-state index in [-0.39, 0.29) is 23.3 Å². The predicted molar refractivity (Wildman–Crippen MR) is 172 cm³/mol. The van der Waals surface area contributed by atoms with Gasteiger partial charge in [-0.15, -0.1) is 11.3 Å². The van der Waals surface area contributed by atoms with Crippen LogP contribution in [-0.4, -0.2) is 37.0 Å². The Bertz CT molecular complexity index is 1680. The van der Waals surface area contributed by atoms with Crippen molar-refractivity contribution >= 4 is 44.7 Å². The Morgan fingerprint density at radius 2 is 1.60 bits per heavy atom. The van der Waals surface area contributed by atoms with Gasteiger partial charge in [-0.3, -0.25) is 10.1 Å². The van der Waals surface area contributed by atoms with Gasteiger partial charge in [0, 0.05) is 40.7 Å². The Morgan fingerprint density at radius 3 is 2.26 bits per heavy atom. The van der Waals surface area contributed by atoms with Gasteiger partial charge in [0.1, 0.15) is 5.01 Å². The summed E-state index contributed by atoms with van der Waals surface area (Å²) in [6.07, 6.45) is 1.71. The van der Waals surface area contributed by atoms with Crippen molar-refractivity contribution < 1.29 is 22.7 Å². The molecule has 0 fully saturated rings. The van der Waals surface area contributed by atoms with Gasteiger partial charge in [-0.2, -0.15) is 0 Å². The van der Waals surface area contributed by atoms with Crippen LogP contribution in [0.3, 0.4) is 0 Å². The van der Waals surface area contributed by atoms with Crippen molar-refractivity contribution in [1.29, 1.82) is 0 Å². The van der Waals surface area contributed by atoms with Gasteiger partial charge in [0.2, 0.25) is 15.9 Å². The van der Waals surface area contributed by atoms with Crippen molar-refractivity contribution in [3.05, 3.63) is 84.6 Å². The summed E-state index contributed by atoms with van der Waals surface area (Å²) in [5, 5.41) is 6.20. The first-order valence-electron chi connectivity index (χ1n) is 13.9. The number of amides is 2. The molecule has 43 heavy (non-hydrogen) atoms. The minimum Gasteiger partial charge on any atom is -0.447 e. The van der Waals surface area contributed by atoms with E-state index in [9.17, 15) is 18.0 Å². The summed E-state index contributed by atoms with van der Waals surface area (Å²) in [4.78, 5) is 29.8. The fourth-order valence-electron chi connectivity index (χ4n) is 4.20. The van der Waals surface area contributed by atoms with Crippen LogP contribution < -0.4 is 15.4 Å². The van der Waals surface area contributed by atoms with Crippen LogP contribution in [0, 0.1) is 0 Å². The van der Waals surface area contributed by atoms with Gasteiger partial charge in [0.25, 0.3) is 0 Å². The zero-order valence-electron chi connectivity index (χ0n) is 24.8. The van der Waals surface area contributed by atoms with Crippen LogP contribution in [-0.2, 0) is 26.0 Å². The molecule has 1 heterocycles. The fraction of sp³-hybridized carbons (Fsp3) is 0.281. The molecule has 0 saturated carbocycles. The van der Waals surface area contributed by atoms with E-state index in [0.717, 1.165) is 11.1 Å². The quantitative estimate of drug-likeness (QED) is 0.174. The van der Waals surface area contributed by atoms with E-state index in [1.807, 2.05) is 42.5 Å². The Kier molecular flexibility index (Phi) is 10.0. The van der Waals surface area contributed by atoms with E-state index in [1.54, 1.807) is 65.1 Å². The largest absolute Gasteiger partial charge is 0.447 e. The first-order chi connectivity index (χ1) is 20.3. The van der Waals surface area contributed by atoms with Crippen LogP contribution in [0.1, 0.15) is 46.6 Å². The van der Waals surface area contributed by atoms with Crippen LogP contribution >= 0.6 is 11.3 Å². The Hall–Kier alpha value is -4.06. The molecule has 1 aromatic heterocycles. The highest BCUT2D eigenvalue weighted by atomic mass is 32.2. The fourth-order valence-corrected chi connectivity index (χ4v) is 6.89. The van der Waals surface area contributed by atoms with Crippen LogP contribution in [0.25, 0.3) is 21.0 Å². The lowest BCUT2D eigenvalue weighted by atomic mass is 10.1. The maximum atomic E-state index is 13.6. The maximum Gasteiger partial charge on any atom is 0.411 e. The molecule has 4 aromatic rings. The number of ether oxygens (including phenoxy) is 1. The van der Waals surface area contributed by atoms with Gasteiger partial charge >= 0.3 is 6.09 Å². The summed E-state index contributed by atoms with van der Waals surface area (Å²) in [5.74, 6) is -0.209. The number of benzene rings is 3. The van der Waals surface area contributed by atoms with Crippen LogP contribution in [0.15, 0.2) is 83.9 Å². The summed E-state index contributed by atoms with van der Waals surface area (Å²) in [6.45, 7) is 8.85. The minimum atomic E-state index is -3.97. The third-order valence-electron chi connectivity index (χ3n) is 5.97. The average molecular weight is 621 g/mol. The van der Waals surface area contributed by atoms with Crippen molar-refractivity contribution in [2.24, 2.45) is 0 Å². The zero-order chi connectivity index (χ0) is 31.2. The molecule has 4 rings (SSSR count). The summed E-state index contributed by atoms with van der Waals surface area (Å²) in [5.41, 5.74) is 2.57. The highest BCUT2D eigenvalue weighted by molar-refractivity contribution is 7.89. The maximum absolute atomic E-state index is 13.6. The summed E-state index contributed by atoms with van der Waals surface area (Å²) in [7, 11) is -3.97. The second-order valence-corrected chi connectivity index (χ2v) is 14.0. The van der Waals surface area contributed by atoms with Crippen molar-refractivity contribution in [2.75, 3.05) is 10.6 Å². The summed E-state index contributed by atoms with van der Waals surface area (Å²) in [6, 6.07) is 21.7. The molecule has 0 aliphatic rings. The number of rotatable bonds is 10. The van der Waals surface area contributed by atoms with Crippen LogP contribution in [0.2, 0.25) is 0 Å². The molecular weight excluding hydrogens is 585 g/mol. The molecule has 0 bridgehead atoms. The predicted octanol–water partition coefficient (Wildman–Crippen LogP) is 7.08. The standard InChI is InChI=1S/C32H36N4O5S2/c1-21(2)41-31(38)35-24-14-12-23(13-15-24)30-33-20-27(42-30)26-17-16-25(19-28(26)43(39,40)36-32(3,4)5)34-29(37)18-11-22-9-7-6-8-10-22/h6-10,12-17,19-21,36H,11,18H2,1-5H3,(H,34,37)(H,35,38). The molecule has 2 amide bonds. The molecule has 0 aliphatic heterocycles. The average Bonchev–Trinajstić information content (AvgIpc) is 3.41. The number of aryl methyl sites for hydroxylation is 1. The van der Waals surface area contributed by atoms with Gasteiger partial charge in [-0.1, -0.05) is 36.4 Å². The van der Waals surface area contributed by atoms with Crippen molar-refractivity contribution in [2.45, 2.75) is 64.0 Å². The molecule has 0 atom stereocenters. The third kappa shape index (κ3) is 9.21. The van der Waals surface area contributed by atoms with E-state index >= 15 is 0 Å². The van der Waals surface area contributed by atoms with Crippen molar-refractivity contribution in [1.82, 2.24) is 9.71 Å². The second-order valence-electron chi connectivity index (χ2n) is 11.3. The van der Waals surface area contributed by atoms with Gasteiger partial charge in [-0.25, -0.2) is 22.9 Å². The van der Waals surface area contributed by atoms with Crippen molar-refractivity contribution in [3.8, 4) is 21.0 Å². The lowest BCUT2D eigenvalue weighted by Crippen LogP contribution is -2.40. The van der Waals surface area contributed by atoms with Crippen LogP contribution in [0.5, 0.6) is 0 Å². The van der Waals surface area contributed by atoms with E-state index in [4.69, 9.17) is 4.74 Å². The summed E-state index contributed by atoms with van der Waals surface area (Å²) >= 11 is 1.34. The number of carbonyl (C=O) groups excluding carboxylic acids is 2. The van der Waals surface area contributed by atoms with Gasteiger partial charge in [-0.05, 0) is 83.0 Å². The highest BCUT2D eigenvalue weighted by Crippen LogP contribution is 2.37. The zero-order valence-corrected chi connectivity index (χ0v) is 26.4. The summed E-state index contributed by atoms with van der Waals surface area (Å²) < 4.78 is 35.0. The number of nitrogens with one attached hydrogen (secondary N) is 3. The lowest BCUT2D eigenvalue weighted by Gasteiger charge is -2.22. The Morgan fingerprint density at radius 1 is 0.930 bits per heavy atom. The Balaban J connectivity index is 1.58. The first kappa shape index (κ1) is 31.9. The number of hydrogen-bond donors (Lipinski definition) is 3. The highest BCUT2D eigenvalue weighted by Gasteiger charge is 2.26. The number of nitrogens with zero attached hydrogens (tertiary/aromatic N) is 1. The van der Waals surface area contributed by atoms with Gasteiger partial charge in [0.05, 0.1) is 15.9 Å². The molecular formula is C32H36N4O5S2.